The normalized spacial score (nSPS) is 11.9. The number of nitrogens with zero attached hydrogens (tertiary/aromatic N) is 2. The van der Waals surface area contributed by atoms with Crippen molar-refractivity contribution in [3.8, 4) is 5.75 Å². The monoisotopic (exact) mass is 434 g/mol. The van der Waals surface area contributed by atoms with Crippen LogP contribution in [0.1, 0.15) is 26.7 Å². The molecule has 1 aromatic heterocycles. The fraction of sp³-hybridized carbons (Fsp3) is 0.333. The van der Waals surface area contributed by atoms with E-state index in [0.29, 0.717) is 23.8 Å². The van der Waals surface area contributed by atoms with Crippen LogP contribution in [0.2, 0.25) is 5.02 Å². The van der Waals surface area contributed by atoms with E-state index in [1.165, 1.54) is 11.3 Å². The number of hydrogen-bond donors (Lipinski definition) is 0. The van der Waals surface area contributed by atoms with Crippen molar-refractivity contribution in [3.63, 3.8) is 0 Å². The summed E-state index contributed by atoms with van der Waals surface area (Å²) in [5.41, 5.74) is 1.09. The molecule has 0 aliphatic carbocycles. The number of carbonyl (C=O) groups excluding carboxylic acids is 1. The van der Waals surface area contributed by atoms with Gasteiger partial charge in [0.2, 0.25) is 5.91 Å². The second-order valence-electron chi connectivity index (χ2n) is 6.16. The molecule has 1 amide bonds. The summed E-state index contributed by atoms with van der Waals surface area (Å²) in [5.74, 6) is 1.44. The van der Waals surface area contributed by atoms with Crippen LogP contribution in [0.4, 0.5) is 0 Å². The molecular weight excluding hydrogens is 412 g/mol. The standard InChI is InChI=1S/C21H23ClN2O2S2/c1-3-12-24-18-10-7-16(26-4-2)14-19(18)28-21(24)23-20(25)11-13-27-17-8-5-15(22)6-9-17/h5-10,14H,3-4,11-13H2,1-2H3. The van der Waals surface area contributed by atoms with Crippen LogP contribution in [-0.4, -0.2) is 22.8 Å². The summed E-state index contributed by atoms with van der Waals surface area (Å²) < 4.78 is 8.81. The van der Waals surface area contributed by atoms with Crippen LogP contribution in [0.15, 0.2) is 52.4 Å². The third-order valence-electron chi connectivity index (χ3n) is 4.03. The van der Waals surface area contributed by atoms with Crippen LogP contribution in [0.3, 0.4) is 0 Å². The average molecular weight is 435 g/mol. The summed E-state index contributed by atoms with van der Waals surface area (Å²) in [4.78, 5) is 18.7. The van der Waals surface area contributed by atoms with E-state index in [4.69, 9.17) is 16.3 Å². The Labute approximate surface area is 178 Å². The predicted molar refractivity (Wildman–Crippen MR) is 119 cm³/mol. The molecule has 0 aliphatic rings. The Kier molecular flexibility index (Phi) is 7.59. The van der Waals surface area contributed by atoms with E-state index >= 15 is 0 Å². The number of aryl methyl sites for hydroxylation is 1. The van der Waals surface area contributed by atoms with Crippen molar-refractivity contribution in [1.82, 2.24) is 4.57 Å². The molecule has 0 atom stereocenters. The quantitative estimate of drug-likeness (QED) is 0.422. The lowest BCUT2D eigenvalue weighted by Gasteiger charge is -2.05. The molecule has 7 heteroatoms. The molecule has 2 aromatic carbocycles. The largest absolute Gasteiger partial charge is 0.494 e. The lowest BCUT2D eigenvalue weighted by molar-refractivity contribution is -0.117. The molecular formula is C21H23ClN2O2S2. The summed E-state index contributed by atoms with van der Waals surface area (Å²) in [6, 6.07) is 13.7. The summed E-state index contributed by atoms with van der Waals surface area (Å²) in [6.07, 6.45) is 1.38. The van der Waals surface area contributed by atoms with Gasteiger partial charge < -0.3 is 9.30 Å². The molecule has 0 aliphatic heterocycles. The van der Waals surface area contributed by atoms with E-state index in [1.54, 1.807) is 11.8 Å². The van der Waals surface area contributed by atoms with Gasteiger partial charge >= 0.3 is 0 Å². The molecule has 0 N–H and O–H groups in total. The number of hydrogen-bond acceptors (Lipinski definition) is 4. The molecule has 4 nitrogen and oxygen atoms in total. The number of thioether (sulfide) groups is 1. The molecule has 0 unspecified atom stereocenters. The summed E-state index contributed by atoms with van der Waals surface area (Å²) in [6.45, 7) is 5.56. The van der Waals surface area contributed by atoms with Gasteiger partial charge in [-0.3, -0.25) is 4.79 Å². The van der Waals surface area contributed by atoms with Crippen LogP contribution in [0.25, 0.3) is 10.2 Å². The topological polar surface area (TPSA) is 43.6 Å². The number of fused-ring (bicyclic) bond motifs is 1. The number of benzene rings is 2. The molecule has 0 bridgehead atoms. The number of carbonyl (C=O) groups is 1. The smallest absolute Gasteiger partial charge is 0.249 e. The molecule has 28 heavy (non-hydrogen) atoms. The van der Waals surface area contributed by atoms with Gasteiger partial charge in [-0.1, -0.05) is 29.9 Å². The zero-order valence-electron chi connectivity index (χ0n) is 16.0. The van der Waals surface area contributed by atoms with E-state index < -0.39 is 0 Å². The van der Waals surface area contributed by atoms with Crippen LogP contribution >= 0.6 is 34.7 Å². The number of aromatic nitrogens is 1. The molecule has 1 heterocycles. The van der Waals surface area contributed by atoms with Gasteiger partial charge in [0.25, 0.3) is 0 Å². The number of amides is 1. The third kappa shape index (κ3) is 5.40. The predicted octanol–water partition coefficient (Wildman–Crippen LogP) is 5.77. The van der Waals surface area contributed by atoms with Gasteiger partial charge in [0.15, 0.2) is 4.80 Å². The van der Waals surface area contributed by atoms with Crippen molar-refractivity contribution in [1.29, 1.82) is 0 Å². The van der Waals surface area contributed by atoms with Gasteiger partial charge in [-0.05, 0) is 55.8 Å². The number of halogens is 1. The highest BCUT2D eigenvalue weighted by molar-refractivity contribution is 7.99. The SMILES string of the molecule is CCCn1c(=NC(=O)CCSc2ccc(Cl)cc2)sc2cc(OCC)ccc21. The average Bonchev–Trinajstić information content (AvgIpc) is 3.00. The minimum atomic E-state index is -0.0945. The Morgan fingerprint density at radius 2 is 2.00 bits per heavy atom. The minimum absolute atomic E-state index is 0.0945. The van der Waals surface area contributed by atoms with Crippen molar-refractivity contribution >= 4 is 50.8 Å². The minimum Gasteiger partial charge on any atom is -0.494 e. The number of ether oxygens (including phenoxy) is 1. The van der Waals surface area contributed by atoms with Gasteiger partial charge in [0, 0.05) is 28.6 Å². The lowest BCUT2D eigenvalue weighted by Crippen LogP contribution is -2.16. The van der Waals surface area contributed by atoms with E-state index in [0.717, 1.165) is 38.6 Å². The molecule has 148 valence electrons. The Morgan fingerprint density at radius 1 is 1.21 bits per heavy atom. The summed E-state index contributed by atoms with van der Waals surface area (Å²) >= 11 is 9.07. The highest BCUT2D eigenvalue weighted by atomic mass is 35.5. The summed E-state index contributed by atoms with van der Waals surface area (Å²) in [7, 11) is 0. The first-order chi connectivity index (χ1) is 13.6. The molecule has 0 spiro atoms. The zero-order chi connectivity index (χ0) is 19.9. The first kappa shape index (κ1) is 21.0. The van der Waals surface area contributed by atoms with Crippen LogP contribution in [0.5, 0.6) is 5.75 Å². The second-order valence-corrected chi connectivity index (χ2v) is 8.77. The fourth-order valence-electron chi connectivity index (χ4n) is 2.78. The molecule has 3 aromatic rings. The Balaban J connectivity index is 1.76. The fourth-order valence-corrected chi connectivity index (χ4v) is 4.85. The van der Waals surface area contributed by atoms with Gasteiger partial charge in [-0.2, -0.15) is 4.99 Å². The van der Waals surface area contributed by atoms with Gasteiger partial charge in [0.1, 0.15) is 5.75 Å². The van der Waals surface area contributed by atoms with Crippen molar-refractivity contribution in [2.24, 2.45) is 4.99 Å². The van der Waals surface area contributed by atoms with Crippen LogP contribution in [-0.2, 0) is 11.3 Å². The lowest BCUT2D eigenvalue weighted by atomic mass is 10.3. The maximum absolute atomic E-state index is 12.4. The zero-order valence-corrected chi connectivity index (χ0v) is 18.4. The molecule has 0 saturated heterocycles. The van der Waals surface area contributed by atoms with E-state index in [-0.39, 0.29) is 5.91 Å². The van der Waals surface area contributed by atoms with Gasteiger partial charge in [0.05, 0.1) is 16.8 Å². The molecule has 0 fully saturated rings. The molecule has 0 saturated carbocycles. The molecule has 3 rings (SSSR count). The van der Waals surface area contributed by atoms with E-state index in [1.807, 2.05) is 49.4 Å². The Morgan fingerprint density at radius 3 is 2.71 bits per heavy atom. The van der Waals surface area contributed by atoms with Crippen molar-refractivity contribution in [2.75, 3.05) is 12.4 Å². The Hall–Kier alpha value is -1.76. The third-order valence-corrected chi connectivity index (χ3v) is 6.34. The van der Waals surface area contributed by atoms with Crippen molar-refractivity contribution in [3.05, 3.63) is 52.3 Å². The highest BCUT2D eigenvalue weighted by Crippen LogP contribution is 2.24. The van der Waals surface area contributed by atoms with Crippen molar-refractivity contribution < 1.29 is 9.53 Å². The van der Waals surface area contributed by atoms with Crippen LogP contribution in [0, 0.1) is 0 Å². The highest BCUT2D eigenvalue weighted by Gasteiger charge is 2.09. The maximum Gasteiger partial charge on any atom is 0.249 e. The van der Waals surface area contributed by atoms with Gasteiger partial charge in [-0.25, -0.2) is 0 Å². The van der Waals surface area contributed by atoms with E-state index in [2.05, 4.69) is 16.5 Å². The van der Waals surface area contributed by atoms with Gasteiger partial charge in [-0.15, -0.1) is 11.8 Å². The van der Waals surface area contributed by atoms with Crippen molar-refractivity contribution in [2.45, 2.75) is 38.1 Å². The molecule has 0 radical (unpaired) electrons. The van der Waals surface area contributed by atoms with Crippen LogP contribution < -0.4 is 9.54 Å². The first-order valence-corrected chi connectivity index (χ1v) is 11.5. The maximum atomic E-state index is 12.4. The first-order valence-electron chi connectivity index (χ1n) is 9.32. The Bertz CT molecular complexity index is 1010. The summed E-state index contributed by atoms with van der Waals surface area (Å²) in [5, 5.41) is 0.716. The second kappa shape index (κ2) is 10.1. The van der Waals surface area contributed by atoms with E-state index in [9.17, 15) is 4.79 Å². The number of thiazole rings is 1. The number of rotatable bonds is 8.